The predicted molar refractivity (Wildman–Crippen MR) is 91.0 cm³/mol. The van der Waals surface area contributed by atoms with E-state index in [0.29, 0.717) is 24.2 Å². The van der Waals surface area contributed by atoms with Gasteiger partial charge < -0.3 is 15.7 Å². The van der Waals surface area contributed by atoms with Gasteiger partial charge in [-0.15, -0.1) is 0 Å². The highest BCUT2D eigenvalue weighted by Crippen LogP contribution is 2.10. The van der Waals surface area contributed by atoms with E-state index in [2.05, 4.69) is 10.6 Å². The molecule has 0 fully saturated rings. The second-order valence-electron chi connectivity index (χ2n) is 5.57. The molecule has 1 aromatic heterocycles. The van der Waals surface area contributed by atoms with Crippen LogP contribution >= 0.6 is 0 Å². The Morgan fingerprint density at radius 3 is 2.28 bits per heavy atom. The van der Waals surface area contributed by atoms with Gasteiger partial charge in [-0.3, -0.25) is 14.4 Å². The fourth-order valence-electron chi connectivity index (χ4n) is 2.10. The van der Waals surface area contributed by atoms with Crippen molar-refractivity contribution >= 4 is 23.5 Å². The summed E-state index contributed by atoms with van der Waals surface area (Å²) in [5.74, 6) is -1.71. The van der Waals surface area contributed by atoms with Crippen molar-refractivity contribution in [3.05, 3.63) is 59.9 Å². The molecule has 25 heavy (non-hydrogen) atoms. The van der Waals surface area contributed by atoms with Crippen LogP contribution < -0.4 is 15.2 Å². The number of pyridine rings is 1. The molecule has 2 amide bonds. The van der Waals surface area contributed by atoms with Crippen LogP contribution in [0, 0.1) is 6.92 Å². The molecule has 7 nitrogen and oxygen atoms in total. The maximum Gasteiger partial charge on any atom is 0.322 e. The highest BCUT2D eigenvalue weighted by molar-refractivity contribution is 5.97. The van der Waals surface area contributed by atoms with Crippen LogP contribution in [-0.2, 0) is 16.1 Å². The molecule has 2 rings (SSSR count). The second-order valence-corrected chi connectivity index (χ2v) is 5.57. The van der Waals surface area contributed by atoms with Crippen LogP contribution in [0.15, 0.2) is 48.8 Å². The van der Waals surface area contributed by atoms with Gasteiger partial charge in [0.2, 0.25) is 5.91 Å². The number of aromatic nitrogens is 1. The Morgan fingerprint density at radius 2 is 1.68 bits per heavy atom. The lowest BCUT2D eigenvalue weighted by atomic mass is 10.2. The smallest absolute Gasteiger partial charge is 0.322 e. The average Bonchev–Trinajstić information content (AvgIpc) is 2.60. The van der Waals surface area contributed by atoms with E-state index >= 15 is 0 Å². The lowest BCUT2D eigenvalue weighted by molar-refractivity contribution is -0.695. The van der Waals surface area contributed by atoms with Gasteiger partial charge in [0.05, 0.1) is 6.42 Å². The normalized spacial score (nSPS) is 10.1. The maximum atomic E-state index is 12.0. The molecule has 0 saturated carbocycles. The molecule has 3 N–H and O–H groups in total. The number of nitrogens with zero attached hydrogens (tertiary/aromatic N) is 1. The summed E-state index contributed by atoms with van der Waals surface area (Å²) in [6.07, 6.45) is 4.18. The lowest BCUT2D eigenvalue weighted by Crippen LogP contribution is -2.34. The zero-order chi connectivity index (χ0) is 18.2. The largest absolute Gasteiger partial charge is 0.480 e. The first-order chi connectivity index (χ1) is 11.9. The van der Waals surface area contributed by atoms with Gasteiger partial charge >= 0.3 is 5.97 Å². The summed E-state index contributed by atoms with van der Waals surface area (Å²) in [6.45, 7) is 2.14. The minimum atomic E-state index is -1.11. The van der Waals surface area contributed by atoms with Crippen LogP contribution in [0.2, 0.25) is 0 Å². The first-order valence-corrected chi connectivity index (χ1v) is 7.79. The van der Waals surface area contributed by atoms with E-state index in [1.807, 2.05) is 36.0 Å². The Labute approximate surface area is 145 Å². The summed E-state index contributed by atoms with van der Waals surface area (Å²) in [5.41, 5.74) is 2.07. The van der Waals surface area contributed by atoms with E-state index in [9.17, 15) is 14.4 Å². The number of aliphatic carboxylic acids is 1. The quantitative estimate of drug-likeness (QED) is 0.657. The molecular formula is C18H20N3O4+. The number of carboxylic acids is 1. The van der Waals surface area contributed by atoms with Crippen molar-refractivity contribution in [1.82, 2.24) is 5.32 Å². The Kier molecular flexibility index (Phi) is 6.22. The minimum Gasteiger partial charge on any atom is -0.480 e. The molecule has 0 spiro atoms. The molecule has 0 aliphatic rings. The molecule has 0 atom stereocenters. The summed E-state index contributed by atoms with van der Waals surface area (Å²) in [5, 5.41) is 13.6. The van der Waals surface area contributed by atoms with Crippen molar-refractivity contribution in [2.75, 3.05) is 11.9 Å². The molecule has 0 aliphatic heterocycles. The maximum absolute atomic E-state index is 12.0. The Balaban J connectivity index is 1.83. The first kappa shape index (κ1) is 18.1. The summed E-state index contributed by atoms with van der Waals surface area (Å²) in [7, 11) is 0. The molecule has 2 aromatic rings. The van der Waals surface area contributed by atoms with E-state index in [4.69, 9.17) is 5.11 Å². The number of hydrogen-bond acceptors (Lipinski definition) is 3. The Bertz CT molecular complexity index is 755. The first-order valence-electron chi connectivity index (χ1n) is 7.79. The molecule has 1 aromatic carbocycles. The molecule has 1 heterocycles. The average molecular weight is 342 g/mol. The summed E-state index contributed by atoms with van der Waals surface area (Å²) in [6, 6.07) is 10.2. The van der Waals surface area contributed by atoms with Gasteiger partial charge in [-0.25, -0.2) is 4.57 Å². The molecule has 0 aliphatic carbocycles. The number of hydrogen-bond donors (Lipinski definition) is 3. The number of amides is 2. The van der Waals surface area contributed by atoms with Crippen molar-refractivity contribution in [1.29, 1.82) is 0 Å². The van der Waals surface area contributed by atoms with Gasteiger partial charge in [0, 0.05) is 23.4 Å². The number of nitrogens with one attached hydrogen (secondary N) is 2. The number of aryl methyl sites for hydroxylation is 2. The molecule has 0 bridgehead atoms. The predicted octanol–water partition coefficient (Wildman–Crippen LogP) is 1.13. The van der Waals surface area contributed by atoms with Gasteiger partial charge in [0.25, 0.3) is 5.91 Å². The highest BCUT2D eigenvalue weighted by atomic mass is 16.4. The number of benzene rings is 1. The standard InChI is InChI=1S/C18H19N3O4/c1-13-6-9-21(10-7-13)11-8-16(22)20-15-4-2-14(3-5-15)18(25)19-12-17(23)24/h2-7,9-10H,8,11-12H2,1H3,(H2-,19,20,22,23,24,25)/p+1. The molecule has 7 heteroatoms. The molecule has 0 saturated heterocycles. The molecule has 0 unspecified atom stereocenters. The fourth-order valence-corrected chi connectivity index (χ4v) is 2.10. The summed E-state index contributed by atoms with van der Waals surface area (Å²) in [4.78, 5) is 34.1. The van der Waals surface area contributed by atoms with Crippen LogP contribution in [0.4, 0.5) is 5.69 Å². The highest BCUT2D eigenvalue weighted by Gasteiger charge is 2.09. The Morgan fingerprint density at radius 1 is 1.04 bits per heavy atom. The number of carbonyl (C=O) groups is 3. The van der Waals surface area contributed by atoms with Crippen molar-refractivity contribution in [2.45, 2.75) is 19.9 Å². The van der Waals surface area contributed by atoms with Crippen molar-refractivity contribution in [3.8, 4) is 0 Å². The number of rotatable bonds is 7. The summed E-state index contributed by atoms with van der Waals surface area (Å²) < 4.78 is 1.93. The molecule has 130 valence electrons. The van der Waals surface area contributed by atoms with E-state index < -0.39 is 18.4 Å². The third-order valence-corrected chi connectivity index (χ3v) is 3.49. The SMILES string of the molecule is Cc1cc[n+](CCC(=O)Nc2ccc(C(=O)NCC(=O)O)cc2)cc1. The van der Waals surface area contributed by atoms with Crippen LogP contribution in [0.3, 0.4) is 0 Å². The topological polar surface area (TPSA) is 99.4 Å². The van der Waals surface area contributed by atoms with Crippen LogP contribution in [0.25, 0.3) is 0 Å². The zero-order valence-corrected chi connectivity index (χ0v) is 13.9. The van der Waals surface area contributed by atoms with Gasteiger partial charge in [0.15, 0.2) is 18.9 Å². The van der Waals surface area contributed by atoms with E-state index in [-0.39, 0.29) is 5.91 Å². The van der Waals surface area contributed by atoms with E-state index in [1.54, 1.807) is 12.1 Å². The van der Waals surface area contributed by atoms with Gasteiger partial charge in [-0.2, -0.15) is 0 Å². The third-order valence-electron chi connectivity index (χ3n) is 3.49. The third kappa shape index (κ3) is 6.06. The number of anilines is 1. The van der Waals surface area contributed by atoms with Crippen molar-refractivity contribution < 1.29 is 24.1 Å². The number of carboxylic acid groups (broad SMARTS) is 1. The molecule has 0 radical (unpaired) electrons. The lowest BCUT2D eigenvalue weighted by Gasteiger charge is -2.06. The van der Waals surface area contributed by atoms with Crippen LogP contribution in [-0.4, -0.2) is 29.4 Å². The van der Waals surface area contributed by atoms with Gasteiger partial charge in [-0.05, 0) is 36.8 Å². The minimum absolute atomic E-state index is 0.129. The van der Waals surface area contributed by atoms with Crippen molar-refractivity contribution in [3.63, 3.8) is 0 Å². The second kappa shape index (κ2) is 8.58. The van der Waals surface area contributed by atoms with E-state index in [1.165, 1.54) is 12.1 Å². The Hall–Kier alpha value is -3.22. The van der Waals surface area contributed by atoms with Crippen molar-refractivity contribution in [2.24, 2.45) is 0 Å². The van der Waals surface area contributed by atoms with Gasteiger partial charge in [0.1, 0.15) is 6.54 Å². The number of carbonyl (C=O) groups excluding carboxylic acids is 2. The monoisotopic (exact) mass is 342 g/mol. The van der Waals surface area contributed by atoms with Gasteiger partial charge in [-0.1, -0.05) is 0 Å². The van der Waals surface area contributed by atoms with Crippen LogP contribution in [0.5, 0.6) is 0 Å². The summed E-state index contributed by atoms with van der Waals surface area (Å²) >= 11 is 0. The van der Waals surface area contributed by atoms with E-state index in [0.717, 1.165) is 5.56 Å². The molecular weight excluding hydrogens is 322 g/mol. The zero-order valence-electron chi connectivity index (χ0n) is 13.9. The fraction of sp³-hybridized carbons (Fsp3) is 0.222. The van der Waals surface area contributed by atoms with Crippen LogP contribution in [0.1, 0.15) is 22.3 Å².